The number of amides is 1. The number of aromatic nitrogens is 2. The first-order chi connectivity index (χ1) is 15.1. The van der Waals surface area contributed by atoms with Gasteiger partial charge in [0.2, 0.25) is 17.7 Å². The van der Waals surface area contributed by atoms with Gasteiger partial charge in [0, 0.05) is 23.4 Å². The van der Waals surface area contributed by atoms with Crippen LogP contribution in [0, 0.1) is 6.92 Å². The van der Waals surface area contributed by atoms with Crippen LogP contribution in [0.3, 0.4) is 0 Å². The van der Waals surface area contributed by atoms with Gasteiger partial charge in [0.15, 0.2) is 5.75 Å². The van der Waals surface area contributed by atoms with E-state index in [1.807, 2.05) is 61.5 Å². The predicted molar refractivity (Wildman–Crippen MR) is 119 cm³/mol. The van der Waals surface area contributed by atoms with Gasteiger partial charge >= 0.3 is 0 Å². The number of hydrogen-bond donors (Lipinski definition) is 1. The number of ether oxygens (including phenoxy) is 1. The number of rotatable bonds is 7. The maximum absolute atomic E-state index is 12.5. The van der Waals surface area contributed by atoms with Crippen molar-refractivity contribution in [2.75, 3.05) is 5.32 Å². The highest BCUT2D eigenvalue weighted by molar-refractivity contribution is 6.31. The van der Waals surface area contributed by atoms with Crippen LogP contribution in [0.25, 0.3) is 11.5 Å². The normalized spacial score (nSPS) is 10.6. The molecule has 0 aliphatic rings. The molecule has 0 atom stereocenters. The molecule has 0 saturated heterocycles. The van der Waals surface area contributed by atoms with Gasteiger partial charge in [-0.25, -0.2) is 0 Å². The average Bonchev–Trinajstić information content (AvgIpc) is 3.25. The smallest absolute Gasteiger partial charge is 0.247 e. The lowest BCUT2D eigenvalue weighted by Gasteiger charge is -2.12. The van der Waals surface area contributed by atoms with Crippen molar-refractivity contribution < 1.29 is 13.9 Å². The standard InChI is InChI=1S/C24H20ClN3O3/c1-16-7-9-17(10-8-16)24-28-27-23(31-24)14-13-22(29)26-20-15-18(25)11-12-21(20)30-19-5-3-2-4-6-19/h2-12,15H,13-14H2,1H3,(H,26,29). The molecular formula is C24H20ClN3O3. The van der Waals surface area contributed by atoms with Crippen LogP contribution in [0.4, 0.5) is 5.69 Å². The fourth-order valence-corrected chi connectivity index (χ4v) is 3.08. The van der Waals surface area contributed by atoms with Gasteiger partial charge in [-0.2, -0.15) is 0 Å². The third-order valence-corrected chi connectivity index (χ3v) is 4.75. The second-order valence-corrected chi connectivity index (χ2v) is 7.41. The lowest BCUT2D eigenvalue weighted by molar-refractivity contribution is -0.116. The number of aryl methyl sites for hydroxylation is 2. The Kier molecular flexibility index (Phi) is 6.29. The number of nitrogens with one attached hydrogen (secondary N) is 1. The van der Waals surface area contributed by atoms with E-state index in [1.165, 1.54) is 0 Å². The first kappa shape index (κ1) is 20.6. The third-order valence-electron chi connectivity index (χ3n) is 4.52. The van der Waals surface area contributed by atoms with Gasteiger partial charge in [-0.1, -0.05) is 47.5 Å². The van der Waals surface area contributed by atoms with E-state index in [4.69, 9.17) is 20.8 Å². The Bertz CT molecular complexity index is 1170. The summed E-state index contributed by atoms with van der Waals surface area (Å²) in [6.07, 6.45) is 0.493. The molecule has 0 aliphatic heterocycles. The zero-order valence-electron chi connectivity index (χ0n) is 16.8. The summed E-state index contributed by atoms with van der Waals surface area (Å²) < 4.78 is 11.6. The molecule has 1 amide bonds. The number of nitrogens with zero attached hydrogens (tertiary/aromatic N) is 2. The van der Waals surface area contributed by atoms with Gasteiger partial charge < -0.3 is 14.5 Å². The van der Waals surface area contributed by atoms with E-state index in [0.717, 1.165) is 11.1 Å². The molecule has 0 aliphatic carbocycles. The van der Waals surface area contributed by atoms with Crippen molar-refractivity contribution in [2.45, 2.75) is 19.8 Å². The number of carbonyl (C=O) groups is 1. The van der Waals surface area contributed by atoms with Crippen molar-refractivity contribution in [3.63, 3.8) is 0 Å². The van der Waals surface area contributed by atoms with E-state index in [-0.39, 0.29) is 12.3 Å². The fraction of sp³-hybridized carbons (Fsp3) is 0.125. The molecule has 31 heavy (non-hydrogen) atoms. The predicted octanol–water partition coefficient (Wildman–Crippen LogP) is 6.06. The molecule has 0 unspecified atom stereocenters. The molecular weight excluding hydrogens is 414 g/mol. The molecule has 156 valence electrons. The molecule has 6 nitrogen and oxygen atoms in total. The zero-order chi connectivity index (χ0) is 21.6. The summed E-state index contributed by atoms with van der Waals surface area (Å²) >= 11 is 6.11. The van der Waals surface area contributed by atoms with Gasteiger partial charge in [-0.3, -0.25) is 4.79 Å². The maximum Gasteiger partial charge on any atom is 0.247 e. The Morgan fingerprint density at radius 3 is 2.58 bits per heavy atom. The van der Waals surface area contributed by atoms with Crippen LogP contribution in [0.15, 0.2) is 77.2 Å². The summed E-state index contributed by atoms with van der Waals surface area (Å²) in [5.41, 5.74) is 2.49. The van der Waals surface area contributed by atoms with Gasteiger partial charge in [-0.15, -0.1) is 10.2 Å². The second-order valence-electron chi connectivity index (χ2n) is 6.97. The van der Waals surface area contributed by atoms with Crippen LogP contribution in [-0.2, 0) is 11.2 Å². The fourth-order valence-electron chi connectivity index (χ4n) is 2.90. The van der Waals surface area contributed by atoms with Crippen LogP contribution in [0.2, 0.25) is 5.02 Å². The number of para-hydroxylation sites is 1. The molecule has 1 aromatic heterocycles. The van der Waals surface area contributed by atoms with Crippen molar-refractivity contribution in [1.29, 1.82) is 0 Å². The number of anilines is 1. The molecule has 4 rings (SSSR count). The molecule has 1 heterocycles. The highest BCUT2D eigenvalue weighted by atomic mass is 35.5. The third kappa shape index (κ3) is 5.49. The Morgan fingerprint density at radius 1 is 1.03 bits per heavy atom. The van der Waals surface area contributed by atoms with Crippen molar-refractivity contribution >= 4 is 23.2 Å². The highest BCUT2D eigenvalue weighted by Gasteiger charge is 2.13. The molecule has 0 radical (unpaired) electrons. The zero-order valence-corrected chi connectivity index (χ0v) is 17.6. The molecule has 0 saturated carbocycles. The van der Waals surface area contributed by atoms with Gasteiger partial charge in [-0.05, 0) is 49.4 Å². The SMILES string of the molecule is Cc1ccc(-c2nnc(CCC(=O)Nc3cc(Cl)ccc3Oc3ccccc3)o2)cc1. The van der Waals surface area contributed by atoms with Crippen LogP contribution >= 0.6 is 11.6 Å². The van der Waals surface area contributed by atoms with Crippen molar-refractivity contribution in [1.82, 2.24) is 10.2 Å². The first-order valence-corrected chi connectivity index (χ1v) is 10.2. The van der Waals surface area contributed by atoms with Crippen LogP contribution in [0.1, 0.15) is 17.9 Å². The molecule has 1 N–H and O–H groups in total. The molecule has 4 aromatic rings. The number of benzene rings is 3. The Morgan fingerprint density at radius 2 is 1.81 bits per heavy atom. The average molecular weight is 434 g/mol. The first-order valence-electron chi connectivity index (χ1n) is 9.78. The Balaban J connectivity index is 1.39. The van der Waals surface area contributed by atoms with Gasteiger partial charge in [0.1, 0.15) is 5.75 Å². The monoisotopic (exact) mass is 433 g/mol. The van der Waals surface area contributed by atoms with Gasteiger partial charge in [0.25, 0.3) is 0 Å². The Labute approximate surface area is 184 Å². The quantitative estimate of drug-likeness (QED) is 0.383. The van der Waals surface area contributed by atoms with E-state index < -0.39 is 0 Å². The molecule has 0 bridgehead atoms. The van der Waals surface area contributed by atoms with Crippen LogP contribution in [0.5, 0.6) is 11.5 Å². The van der Waals surface area contributed by atoms with Crippen molar-refractivity contribution in [3.8, 4) is 23.0 Å². The minimum absolute atomic E-state index is 0.173. The van der Waals surface area contributed by atoms with Crippen molar-refractivity contribution in [2.24, 2.45) is 0 Å². The topological polar surface area (TPSA) is 77.2 Å². The van der Waals surface area contributed by atoms with E-state index >= 15 is 0 Å². The minimum atomic E-state index is -0.213. The largest absolute Gasteiger partial charge is 0.455 e. The summed E-state index contributed by atoms with van der Waals surface area (Å²) in [6, 6.07) is 22.2. The molecule has 0 spiro atoms. The van der Waals surface area contributed by atoms with E-state index in [2.05, 4.69) is 15.5 Å². The van der Waals surface area contributed by atoms with E-state index in [9.17, 15) is 4.79 Å². The molecule has 0 fully saturated rings. The number of carbonyl (C=O) groups excluding carboxylic acids is 1. The maximum atomic E-state index is 12.5. The molecule has 7 heteroatoms. The van der Waals surface area contributed by atoms with Crippen LogP contribution < -0.4 is 10.1 Å². The summed E-state index contributed by atoms with van der Waals surface area (Å²) in [6.45, 7) is 2.01. The summed E-state index contributed by atoms with van der Waals surface area (Å²) in [5.74, 6) is 1.79. The van der Waals surface area contributed by atoms with E-state index in [1.54, 1.807) is 18.2 Å². The van der Waals surface area contributed by atoms with Crippen molar-refractivity contribution in [3.05, 3.63) is 89.3 Å². The lowest BCUT2D eigenvalue weighted by atomic mass is 10.1. The number of hydrogen-bond acceptors (Lipinski definition) is 5. The van der Waals surface area contributed by atoms with Crippen LogP contribution in [-0.4, -0.2) is 16.1 Å². The van der Waals surface area contributed by atoms with Gasteiger partial charge in [0.05, 0.1) is 5.69 Å². The molecule has 3 aromatic carbocycles. The summed E-state index contributed by atoms with van der Waals surface area (Å²) in [4.78, 5) is 12.5. The lowest BCUT2D eigenvalue weighted by Crippen LogP contribution is -2.13. The highest BCUT2D eigenvalue weighted by Crippen LogP contribution is 2.32. The number of halogens is 1. The summed E-state index contributed by atoms with van der Waals surface area (Å²) in [5, 5.41) is 11.4. The van der Waals surface area contributed by atoms with E-state index in [0.29, 0.717) is 40.4 Å². The Hall–Kier alpha value is -3.64. The minimum Gasteiger partial charge on any atom is -0.455 e. The summed E-state index contributed by atoms with van der Waals surface area (Å²) in [7, 11) is 0. The second kappa shape index (κ2) is 9.45.